The van der Waals surface area contributed by atoms with Crippen LogP contribution in [-0.2, 0) is 6.42 Å². The van der Waals surface area contributed by atoms with Crippen molar-refractivity contribution in [2.45, 2.75) is 38.1 Å². The quantitative estimate of drug-likeness (QED) is 0.519. The monoisotopic (exact) mass is 396 g/mol. The van der Waals surface area contributed by atoms with Gasteiger partial charge in [0, 0.05) is 34.8 Å². The third kappa shape index (κ3) is 2.69. The molecule has 1 amide bonds. The zero-order chi connectivity index (χ0) is 20.2. The largest absolute Gasteiger partial charge is 0.356 e. The number of hydrogen-bond donors (Lipinski definition) is 2. The van der Waals surface area contributed by atoms with Gasteiger partial charge in [-0.25, -0.2) is 0 Å². The summed E-state index contributed by atoms with van der Waals surface area (Å²) in [5, 5.41) is 8.72. The van der Waals surface area contributed by atoms with Crippen molar-refractivity contribution < 1.29 is 4.79 Å². The van der Waals surface area contributed by atoms with Gasteiger partial charge in [0.1, 0.15) is 5.69 Å². The third-order valence-corrected chi connectivity index (χ3v) is 6.61. The van der Waals surface area contributed by atoms with Crippen molar-refractivity contribution >= 4 is 16.8 Å². The molecule has 1 saturated carbocycles. The number of para-hydroxylation sites is 1. The number of nitrogens with one attached hydrogen (secondary N) is 2. The highest BCUT2D eigenvalue weighted by molar-refractivity contribution is 5.94. The van der Waals surface area contributed by atoms with Gasteiger partial charge in [-0.05, 0) is 55.0 Å². The van der Waals surface area contributed by atoms with Crippen LogP contribution in [0.2, 0.25) is 0 Å². The van der Waals surface area contributed by atoms with E-state index in [1.165, 1.54) is 29.4 Å². The zero-order valence-corrected chi connectivity index (χ0v) is 17.0. The number of aromatic nitrogens is 3. The predicted octanol–water partition coefficient (Wildman–Crippen LogP) is 4.86. The van der Waals surface area contributed by atoms with E-state index in [0.29, 0.717) is 18.2 Å². The summed E-state index contributed by atoms with van der Waals surface area (Å²) in [7, 11) is 0. The standard InChI is InChI=1S/C25H24N4O/c1-15-6-2-3-7-17(15)24-23-19(18-8-4-5-9-20(18)26-23)12-13-29(24)25(30)22-14-21(27-28-22)16-10-11-16/h2-9,14,16,24,26H,10-13H2,1H3,(H,27,28)/t24-/m1/s1. The third-order valence-electron chi connectivity index (χ3n) is 6.61. The van der Waals surface area contributed by atoms with E-state index < -0.39 is 0 Å². The van der Waals surface area contributed by atoms with E-state index in [1.807, 2.05) is 11.0 Å². The second-order valence-corrected chi connectivity index (χ2v) is 8.55. The summed E-state index contributed by atoms with van der Waals surface area (Å²) in [4.78, 5) is 19.2. The number of benzene rings is 2. The van der Waals surface area contributed by atoms with Gasteiger partial charge in [0.15, 0.2) is 0 Å². The average molecular weight is 396 g/mol. The molecular formula is C25H24N4O. The summed E-state index contributed by atoms with van der Waals surface area (Å²) >= 11 is 0. The van der Waals surface area contributed by atoms with Crippen molar-refractivity contribution in [3.05, 3.63) is 88.4 Å². The summed E-state index contributed by atoms with van der Waals surface area (Å²) in [5.41, 5.74) is 7.55. The van der Waals surface area contributed by atoms with Crippen LogP contribution in [0.3, 0.4) is 0 Å². The van der Waals surface area contributed by atoms with Gasteiger partial charge in [0.25, 0.3) is 5.91 Å². The van der Waals surface area contributed by atoms with Gasteiger partial charge in [0.2, 0.25) is 0 Å². The highest BCUT2D eigenvalue weighted by Gasteiger charge is 2.37. The minimum atomic E-state index is -0.143. The molecule has 6 rings (SSSR count). The first-order chi connectivity index (χ1) is 14.7. The summed E-state index contributed by atoms with van der Waals surface area (Å²) < 4.78 is 0. The number of aromatic amines is 2. The van der Waals surface area contributed by atoms with Gasteiger partial charge in [-0.3, -0.25) is 9.89 Å². The van der Waals surface area contributed by atoms with Crippen LogP contribution < -0.4 is 0 Å². The smallest absolute Gasteiger partial charge is 0.275 e. The molecule has 1 atom stereocenters. The Kier molecular flexibility index (Phi) is 3.85. The molecule has 0 bridgehead atoms. The highest BCUT2D eigenvalue weighted by atomic mass is 16.2. The van der Waals surface area contributed by atoms with Crippen molar-refractivity contribution in [1.82, 2.24) is 20.1 Å². The molecule has 30 heavy (non-hydrogen) atoms. The molecule has 0 spiro atoms. The number of aryl methyl sites for hydroxylation is 1. The van der Waals surface area contributed by atoms with Gasteiger partial charge in [0.05, 0.1) is 6.04 Å². The van der Waals surface area contributed by atoms with Gasteiger partial charge in [-0.2, -0.15) is 5.10 Å². The molecule has 4 aromatic rings. The summed E-state index contributed by atoms with van der Waals surface area (Å²) in [5.74, 6) is 0.545. The summed E-state index contributed by atoms with van der Waals surface area (Å²) in [6, 6.07) is 18.6. The second kappa shape index (κ2) is 6.59. The molecule has 150 valence electrons. The number of amides is 1. The molecule has 1 aliphatic carbocycles. The van der Waals surface area contributed by atoms with Crippen LogP contribution >= 0.6 is 0 Å². The molecule has 0 saturated heterocycles. The minimum Gasteiger partial charge on any atom is -0.356 e. The van der Waals surface area contributed by atoms with Crippen LogP contribution in [0, 0.1) is 6.92 Å². The number of H-pyrrole nitrogens is 2. The molecule has 2 N–H and O–H groups in total. The Hall–Kier alpha value is -3.34. The van der Waals surface area contributed by atoms with E-state index >= 15 is 0 Å². The summed E-state index contributed by atoms with van der Waals surface area (Å²) in [6.07, 6.45) is 3.21. The lowest BCUT2D eigenvalue weighted by molar-refractivity contribution is 0.0685. The van der Waals surface area contributed by atoms with E-state index in [9.17, 15) is 4.79 Å². The molecule has 0 unspecified atom stereocenters. The van der Waals surface area contributed by atoms with E-state index in [-0.39, 0.29) is 11.9 Å². The Morgan fingerprint density at radius 3 is 2.73 bits per heavy atom. The summed E-state index contributed by atoms with van der Waals surface area (Å²) in [6.45, 7) is 2.80. The first-order valence-electron chi connectivity index (χ1n) is 10.7. The Labute approximate surface area is 175 Å². The topological polar surface area (TPSA) is 64.8 Å². The predicted molar refractivity (Wildman–Crippen MR) is 117 cm³/mol. The number of carbonyl (C=O) groups excluding carboxylic acids is 1. The molecule has 1 fully saturated rings. The Morgan fingerprint density at radius 2 is 1.90 bits per heavy atom. The van der Waals surface area contributed by atoms with E-state index in [2.05, 4.69) is 70.6 Å². The minimum absolute atomic E-state index is 0.00397. The molecule has 2 aromatic heterocycles. The van der Waals surface area contributed by atoms with Crippen LogP contribution in [0.25, 0.3) is 10.9 Å². The highest BCUT2D eigenvalue weighted by Crippen LogP contribution is 2.41. The van der Waals surface area contributed by atoms with Gasteiger partial charge >= 0.3 is 0 Å². The average Bonchev–Trinajstić information content (AvgIpc) is 3.38. The van der Waals surface area contributed by atoms with Crippen molar-refractivity contribution in [2.75, 3.05) is 6.54 Å². The lowest BCUT2D eigenvalue weighted by Crippen LogP contribution is -2.41. The zero-order valence-electron chi connectivity index (χ0n) is 17.0. The second-order valence-electron chi connectivity index (χ2n) is 8.55. The fourth-order valence-corrected chi connectivity index (χ4v) is 4.87. The van der Waals surface area contributed by atoms with Crippen LogP contribution in [-0.4, -0.2) is 32.5 Å². The van der Waals surface area contributed by atoms with Crippen LogP contribution in [0.1, 0.15) is 63.4 Å². The number of carbonyl (C=O) groups is 1. The first-order valence-corrected chi connectivity index (χ1v) is 10.7. The van der Waals surface area contributed by atoms with Gasteiger partial charge in [-0.1, -0.05) is 42.5 Å². The molecular weight excluding hydrogens is 372 g/mol. The SMILES string of the molecule is Cc1ccccc1[C@@H]1c2[nH]c3ccccc3c2CCN1C(=O)c1cc(C2CC2)[nH]n1. The lowest BCUT2D eigenvalue weighted by Gasteiger charge is -2.36. The van der Waals surface area contributed by atoms with Gasteiger partial charge in [-0.15, -0.1) is 0 Å². The van der Waals surface area contributed by atoms with E-state index in [4.69, 9.17) is 0 Å². The van der Waals surface area contributed by atoms with Crippen LogP contribution in [0.5, 0.6) is 0 Å². The van der Waals surface area contributed by atoms with E-state index in [1.54, 1.807) is 0 Å². The number of nitrogens with zero attached hydrogens (tertiary/aromatic N) is 2. The molecule has 5 heteroatoms. The first kappa shape index (κ1) is 17.5. The van der Waals surface area contributed by atoms with Crippen molar-refractivity contribution in [3.63, 3.8) is 0 Å². The maximum atomic E-state index is 13.6. The van der Waals surface area contributed by atoms with Crippen molar-refractivity contribution in [1.29, 1.82) is 0 Å². The lowest BCUT2D eigenvalue weighted by atomic mass is 9.90. The molecule has 2 aliphatic rings. The molecule has 5 nitrogen and oxygen atoms in total. The van der Waals surface area contributed by atoms with Gasteiger partial charge < -0.3 is 9.88 Å². The van der Waals surface area contributed by atoms with Crippen molar-refractivity contribution in [3.8, 4) is 0 Å². The molecule has 3 heterocycles. The Bertz CT molecular complexity index is 1260. The molecule has 2 aromatic carbocycles. The fraction of sp³-hybridized carbons (Fsp3) is 0.280. The number of rotatable bonds is 3. The normalized spacial score (nSPS) is 18.6. The maximum absolute atomic E-state index is 13.6. The fourth-order valence-electron chi connectivity index (χ4n) is 4.87. The Morgan fingerprint density at radius 1 is 1.10 bits per heavy atom. The number of fused-ring (bicyclic) bond motifs is 3. The Balaban J connectivity index is 1.48. The maximum Gasteiger partial charge on any atom is 0.275 e. The number of hydrogen-bond acceptors (Lipinski definition) is 2. The van der Waals surface area contributed by atoms with Crippen LogP contribution in [0.15, 0.2) is 54.6 Å². The van der Waals surface area contributed by atoms with Crippen molar-refractivity contribution in [2.24, 2.45) is 0 Å². The van der Waals surface area contributed by atoms with E-state index in [0.717, 1.165) is 28.9 Å². The molecule has 0 radical (unpaired) electrons. The molecule has 1 aliphatic heterocycles. The van der Waals surface area contributed by atoms with Crippen LogP contribution in [0.4, 0.5) is 0 Å².